The van der Waals surface area contributed by atoms with Crippen LogP contribution in [-0.2, 0) is 6.54 Å². The van der Waals surface area contributed by atoms with E-state index in [0.29, 0.717) is 0 Å². The summed E-state index contributed by atoms with van der Waals surface area (Å²) in [7, 11) is 0. The number of nitrogens with zero attached hydrogens (tertiary/aromatic N) is 2. The Morgan fingerprint density at radius 1 is 1.30 bits per heavy atom. The maximum atomic E-state index is 6.10. The van der Waals surface area contributed by atoms with Gasteiger partial charge in [-0.3, -0.25) is 4.98 Å². The van der Waals surface area contributed by atoms with Gasteiger partial charge < -0.3 is 11.1 Å². The second-order valence-electron chi connectivity index (χ2n) is 4.80. The Hall–Kier alpha value is -2.14. The van der Waals surface area contributed by atoms with Crippen LogP contribution in [0.25, 0.3) is 10.2 Å². The summed E-state index contributed by atoms with van der Waals surface area (Å²) >= 11 is 1.66. The van der Waals surface area contributed by atoms with Gasteiger partial charge in [-0.05, 0) is 43.2 Å². The third kappa shape index (κ3) is 2.44. The van der Waals surface area contributed by atoms with E-state index in [4.69, 9.17) is 5.73 Å². The Balaban J connectivity index is 1.87. The third-order valence-electron chi connectivity index (χ3n) is 3.27. The van der Waals surface area contributed by atoms with Gasteiger partial charge in [0.05, 0.1) is 26.6 Å². The lowest BCUT2D eigenvalue weighted by molar-refractivity contribution is 1.09. The Bertz CT molecular complexity index is 764. The molecule has 20 heavy (non-hydrogen) atoms. The van der Waals surface area contributed by atoms with E-state index in [9.17, 15) is 0 Å². The quantitative estimate of drug-likeness (QED) is 0.722. The van der Waals surface area contributed by atoms with Gasteiger partial charge in [0.1, 0.15) is 0 Å². The Morgan fingerprint density at radius 3 is 2.95 bits per heavy atom. The van der Waals surface area contributed by atoms with E-state index in [1.807, 2.05) is 31.3 Å². The van der Waals surface area contributed by atoms with Crippen molar-refractivity contribution in [3.8, 4) is 0 Å². The minimum Gasteiger partial charge on any atom is -0.397 e. The maximum Gasteiger partial charge on any atom is 0.0907 e. The van der Waals surface area contributed by atoms with Gasteiger partial charge in [-0.1, -0.05) is 0 Å². The molecule has 4 nitrogen and oxygen atoms in total. The summed E-state index contributed by atoms with van der Waals surface area (Å²) in [5.41, 5.74) is 11.2. The average Bonchev–Trinajstić information content (AvgIpc) is 2.76. The van der Waals surface area contributed by atoms with Crippen LogP contribution in [0.1, 0.15) is 16.1 Å². The molecule has 5 heteroatoms. The largest absolute Gasteiger partial charge is 0.397 e. The summed E-state index contributed by atoms with van der Waals surface area (Å²) in [5, 5.41) is 4.44. The summed E-state index contributed by atoms with van der Waals surface area (Å²) < 4.78 is 1.13. The van der Waals surface area contributed by atoms with Gasteiger partial charge in [-0.25, -0.2) is 4.98 Å². The molecule has 0 saturated heterocycles. The molecule has 2 aromatic heterocycles. The highest BCUT2D eigenvalue weighted by Crippen LogP contribution is 2.30. The van der Waals surface area contributed by atoms with Gasteiger partial charge in [0.15, 0.2) is 0 Å². The Kier molecular flexibility index (Phi) is 3.28. The molecule has 3 rings (SSSR count). The topological polar surface area (TPSA) is 63.8 Å². The first kappa shape index (κ1) is 12.9. The summed E-state index contributed by atoms with van der Waals surface area (Å²) in [6, 6.07) is 6.02. The fourth-order valence-corrected chi connectivity index (χ4v) is 3.01. The number of benzene rings is 1. The lowest BCUT2D eigenvalue weighted by Gasteiger charge is -2.10. The highest BCUT2D eigenvalue weighted by Gasteiger charge is 2.06. The molecule has 0 spiro atoms. The molecule has 102 valence electrons. The second-order valence-corrected chi connectivity index (χ2v) is 6.03. The van der Waals surface area contributed by atoms with Crippen molar-refractivity contribution in [2.75, 3.05) is 11.1 Å². The number of hydrogen-bond donors (Lipinski definition) is 2. The van der Waals surface area contributed by atoms with Crippen molar-refractivity contribution in [2.24, 2.45) is 0 Å². The summed E-state index contributed by atoms with van der Waals surface area (Å²) in [5.74, 6) is 0. The first-order valence-corrected chi connectivity index (χ1v) is 7.25. The third-order valence-corrected chi connectivity index (χ3v) is 4.21. The van der Waals surface area contributed by atoms with Crippen LogP contribution in [0, 0.1) is 13.8 Å². The van der Waals surface area contributed by atoms with Gasteiger partial charge >= 0.3 is 0 Å². The molecule has 0 amide bonds. The molecular formula is C15H16N4S. The standard InChI is InChI=1S/C15H16N4S/c1-9-7-17-4-3-11(9)8-18-13-6-14-15(5-12(13)16)20-10(2)19-14/h3-7,18H,8,16H2,1-2H3. The Morgan fingerprint density at radius 2 is 2.15 bits per heavy atom. The zero-order valence-corrected chi connectivity index (χ0v) is 12.3. The predicted molar refractivity (Wildman–Crippen MR) is 85.1 cm³/mol. The van der Waals surface area contributed by atoms with Crippen LogP contribution in [0.5, 0.6) is 0 Å². The van der Waals surface area contributed by atoms with Crippen LogP contribution in [0.4, 0.5) is 11.4 Å². The fourth-order valence-electron chi connectivity index (χ4n) is 2.15. The molecule has 0 unspecified atom stereocenters. The minimum atomic E-state index is 0.729. The van der Waals surface area contributed by atoms with E-state index in [1.165, 1.54) is 11.1 Å². The zero-order chi connectivity index (χ0) is 14.1. The molecule has 0 saturated carbocycles. The smallest absolute Gasteiger partial charge is 0.0907 e. The van der Waals surface area contributed by atoms with Gasteiger partial charge in [0.25, 0.3) is 0 Å². The maximum absolute atomic E-state index is 6.10. The number of hydrogen-bond acceptors (Lipinski definition) is 5. The number of rotatable bonds is 3. The molecule has 0 atom stereocenters. The van der Waals surface area contributed by atoms with Crippen molar-refractivity contribution in [2.45, 2.75) is 20.4 Å². The molecule has 0 aliphatic heterocycles. The van der Waals surface area contributed by atoms with E-state index < -0.39 is 0 Å². The molecule has 0 bridgehead atoms. The van der Waals surface area contributed by atoms with Crippen LogP contribution < -0.4 is 11.1 Å². The average molecular weight is 284 g/mol. The predicted octanol–water partition coefficient (Wildman–Crippen LogP) is 3.50. The number of nitrogen functional groups attached to an aromatic ring is 1. The van der Waals surface area contributed by atoms with Crippen molar-refractivity contribution in [1.29, 1.82) is 0 Å². The fraction of sp³-hybridized carbons (Fsp3) is 0.200. The van der Waals surface area contributed by atoms with E-state index >= 15 is 0 Å². The van der Waals surface area contributed by atoms with Gasteiger partial charge in [0, 0.05) is 18.9 Å². The summed E-state index contributed by atoms with van der Waals surface area (Å²) in [6.45, 7) is 4.79. The molecule has 0 radical (unpaired) electrons. The number of thiazole rings is 1. The number of anilines is 2. The Labute approximate surface area is 121 Å². The zero-order valence-electron chi connectivity index (χ0n) is 11.5. The molecular weight excluding hydrogens is 268 g/mol. The molecule has 0 aliphatic rings. The van der Waals surface area contributed by atoms with Crippen molar-refractivity contribution < 1.29 is 0 Å². The lowest BCUT2D eigenvalue weighted by atomic mass is 10.1. The lowest BCUT2D eigenvalue weighted by Crippen LogP contribution is -2.04. The number of fused-ring (bicyclic) bond motifs is 1. The number of aromatic nitrogens is 2. The van der Waals surface area contributed by atoms with E-state index in [2.05, 4.69) is 22.2 Å². The molecule has 0 fully saturated rings. The van der Waals surface area contributed by atoms with Crippen molar-refractivity contribution >= 4 is 32.9 Å². The van der Waals surface area contributed by atoms with Crippen LogP contribution in [0.3, 0.4) is 0 Å². The van der Waals surface area contributed by atoms with Crippen molar-refractivity contribution in [3.05, 3.63) is 46.7 Å². The number of nitrogens with one attached hydrogen (secondary N) is 1. The van der Waals surface area contributed by atoms with E-state index in [0.717, 1.165) is 33.1 Å². The van der Waals surface area contributed by atoms with Gasteiger partial charge in [-0.2, -0.15) is 0 Å². The van der Waals surface area contributed by atoms with Crippen LogP contribution in [-0.4, -0.2) is 9.97 Å². The van der Waals surface area contributed by atoms with Crippen LogP contribution >= 0.6 is 11.3 Å². The van der Waals surface area contributed by atoms with Gasteiger partial charge in [-0.15, -0.1) is 11.3 Å². The highest BCUT2D eigenvalue weighted by molar-refractivity contribution is 7.18. The summed E-state index contributed by atoms with van der Waals surface area (Å²) in [6.07, 6.45) is 3.67. The SMILES string of the molecule is Cc1nc2cc(NCc3ccncc3C)c(N)cc2s1. The van der Waals surface area contributed by atoms with Crippen molar-refractivity contribution in [3.63, 3.8) is 0 Å². The molecule has 2 heterocycles. The molecule has 0 aliphatic carbocycles. The van der Waals surface area contributed by atoms with Crippen LogP contribution in [0.2, 0.25) is 0 Å². The number of pyridine rings is 1. The van der Waals surface area contributed by atoms with E-state index in [1.54, 1.807) is 17.5 Å². The normalized spacial score (nSPS) is 10.9. The number of aryl methyl sites for hydroxylation is 2. The molecule has 3 aromatic rings. The highest BCUT2D eigenvalue weighted by atomic mass is 32.1. The molecule has 1 aromatic carbocycles. The monoisotopic (exact) mass is 284 g/mol. The first-order valence-electron chi connectivity index (χ1n) is 6.43. The molecule has 3 N–H and O–H groups in total. The second kappa shape index (κ2) is 5.09. The minimum absolute atomic E-state index is 0.729. The first-order chi connectivity index (χ1) is 9.63. The van der Waals surface area contributed by atoms with Crippen molar-refractivity contribution in [1.82, 2.24) is 9.97 Å². The van der Waals surface area contributed by atoms with Gasteiger partial charge in [0.2, 0.25) is 0 Å². The summed E-state index contributed by atoms with van der Waals surface area (Å²) in [4.78, 5) is 8.60. The number of nitrogens with two attached hydrogens (primary N) is 1. The van der Waals surface area contributed by atoms with E-state index in [-0.39, 0.29) is 0 Å². The van der Waals surface area contributed by atoms with Crippen LogP contribution in [0.15, 0.2) is 30.6 Å².